The van der Waals surface area contributed by atoms with Gasteiger partial charge in [-0.2, -0.15) is 0 Å². The number of nitrogens with zero attached hydrogens (tertiary/aromatic N) is 1. The number of likely N-dealkylation sites (tertiary alicyclic amines) is 1. The van der Waals surface area contributed by atoms with Crippen LogP contribution < -0.4 is 5.43 Å². The molecule has 18 heavy (non-hydrogen) atoms. The fraction of sp³-hybridized carbons (Fsp3) is 0.571. The lowest BCUT2D eigenvalue weighted by atomic mass is 9.95. The van der Waals surface area contributed by atoms with E-state index in [4.69, 9.17) is 0 Å². The molecule has 1 atom stereocenters. The second kappa shape index (κ2) is 5.38. The van der Waals surface area contributed by atoms with Gasteiger partial charge in [0.1, 0.15) is 5.56 Å². The highest BCUT2D eigenvalue weighted by Crippen LogP contribution is 2.20. The van der Waals surface area contributed by atoms with Crippen molar-refractivity contribution in [2.75, 3.05) is 13.1 Å². The lowest BCUT2D eigenvalue weighted by Gasteiger charge is -2.32. The van der Waals surface area contributed by atoms with Crippen LogP contribution >= 0.6 is 0 Å². The molecule has 2 rings (SSSR count). The van der Waals surface area contributed by atoms with E-state index in [1.807, 2.05) is 11.8 Å². The van der Waals surface area contributed by atoms with Crippen LogP contribution in [0.5, 0.6) is 0 Å². The minimum absolute atomic E-state index is 0.130. The summed E-state index contributed by atoms with van der Waals surface area (Å²) in [6, 6.07) is 1.48. The van der Waals surface area contributed by atoms with Crippen LogP contribution in [0, 0.1) is 12.8 Å². The molecule has 1 aromatic rings. The number of carbonyl (C=O) groups excluding carboxylic acids is 1. The van der Waals surface area contributed by atoms with E-state index in [0.29, 0.717) is 5.92 Å². The summed E-state index contributed by atoms with van der Waals surface area (Å²) in [4.78, 5) is 28.9. The Morgan fingerprint density at radius 1 is 1.56 bits per heavy atom. The van der Waals surface area contributed by atoms with Crippen molar-refractivity contribution in [1.29, 1.82) is 0 Å². The second-order valence-corrected chi connectivity index (χ2v) is 5.06. The Morgan fingerprint density at radius 2 is 2.33 bits per heavy atom. The first-order valence-electron chi connectivity index (χ1n) is 6.60. The first-order chi connectivity index (χ1) is 8.61. The number of aromatic amines is 1. The van der Waals surface area contributed by atoms with Crippen LogP contribution in [0.4, 0.5) is 0 Å². The first kappa shape index (κ1) is 12.9. The molecule has 1 N–H and O–H groups in total. The molecule has 0 spiro atoms. The molecule has 4 nitrogen and oxygen atoms in total. The fourth-order valence-corrected chi connectivity index (χ4v) is 2.49. The molecule has 1 amide bonds. The third kappa shape index (κ3) is 2.63. The monoisotopic (exact) mass is 248 g/mol. The van der Waals surface area contributed by atoms with E-state index in [0.717, 1.165) is 31.6 Å². The molecule has 1 fully saturated rings. The van der Waals surface area contributed by atoms with E-state index in [1.54, 1.807) is 0 Å². The number of carbonyl (C=O) groups is 1. The third-order valence-corrected chi connectivity index (χ3v) is 3.67. The van der Waals surface area contributed by atoms with E-state index in [2.05, 4.69) is 11.9 Å². The molecule has 98 valence electrons. The summed E-state index contributed by atoms with van der Waals surface area (Å²) in [5.41, 5.74) is 0.855. The van der Waals surface area contributed by atoms with Crippen molar-refractivity contribution in [2.24, 2.45) is 5.92 Å². The maximum Gasteiger partial charge on any atom is 0.259 e. The van der Waals surface area contributed by atoms with Gasteiger partial charge in [-0.15, -0.1) is 0 Å². The van der Waals surface area contributed by atoms with Gasteiger partial charge in [0.05, 0.1) is 0 Å². The number of aryl methyl sites for hydroxylation is 1. The Hall–Kier alpha value is -1.58. The maximum atomic E-state index is 12.3. The average Bonchev–Trinajstić information content (AvgIpc) is 2.38. The van der Waals surface area contributed by atoms with E-state index in [1.165, 1.54) is 18.7 Å². The molecule has 2 heterocycles. The molecule has 1 unspecified atom stereocenters. The number of piperidine rings is 1. The molecule has 1 aromatic heterocycles. The number of H-pyrrole nitrogens is 1. The first-order valence-corrected chi connectivity index (χ1v) is 6.60. The molecular formula is C14H20N2O2. The Morgan fingerprint density at radius 3 is 3.00 bits per heavy atom. The Balaban J connectivity index is 2.18. The highest BCUT2D eigenvalue weighted by atomic mass is 16.2. The van der Waals surface area contributed by atoms with E-state index in [-0.39, 0.29) is 16.9 Å². The third-order valence-electron chi connectivity index (χ3n) is 3.67. The van der Waals surface area contributed by atoms with Gasteiger partial charge in [0, 0.05) is 31.0 Å². The Labute approximate surface area is 107 Å². The van der Waals surface area contributed by atoms with E-state index >= 15 is 0 Å². The largest absolute Gasteiger partial charge is 0.364 e. The molecular weight excluding hydrogens is 228 g/mol. The van der Waals surface area contributed by atoms with Gasteiger partial charge in [-0.1, -0.05) is 13.3 Å². The van der Waals surface area contributed by atoms with Gasteiger partial charge in [-0.3, -0.25) is 9.59 Å². The molecule has 0 bridgehead atoms. The highest BCUT2D eigenvalue weighted by Gasteiger charge is 2.24. The number of rotatable bonds is 2. The number of amides is 1. The van der Waals surface area contributed by atoms with Crippen LogP contribution in [0.2, 0.25) is 0 Å². The van der Waals surface area contributed by atoms with Crippen LogP contribution in [0.1, 0.15) is 42.2 Å². The van der Waals surface area contributed by atoms with Crippen LogP contribution in [-0.2, 0) is 0 Å². The molecule has 0 aromatic carbocycles. The van der Waals surface area contributed by atoms with E-state index < -0.39 is 0 Å². The van der Waals surface area contributed by atoms with Crippen molar-refractivity contribution in [2.45, 2.75) is 33.1 Å². The van der Waals surface area contributed by atoms with Crippen LogP contribution in [-0.4, -0.2) is 28.9 Å². The summed E-state index contributed by atoms with van der Waals surface area (Å²) in [7, 11) is 0. The minimum Gasteiger partial charge on any atom is -0.364 e. The SMILES string of the molecule is CCC1CCCN(C(=O)c2c[nH]c(C)cc2=O)C1. The topological polar surface area (TPSA) is 53.2 Å². The number of nitrogens with one attached hydrogen (secondary N) is 1. The number of hydrogen-bond acceptors (Lipinski definition) is 2. The Kier molecular flexibility index (Phi) is 3.84. The summed E-state index contributed by atoms with van der Waals surface area (Å²) in [5, 5.41) is 0. The average molecular weight is 248 g/mol. The zero-order valence-electron chi connectivity index (χ0n) is 11.0. The number of pyridine rings is 1. The van der Waals surface area contributed by atoms with Gasteiger partial charge in [-0.05, 0) is 25.7 Å². The molecule has 1 aliphatic heterocycles. The maximum absolute atomic E-state index is 12.3. The summed E-state index contributed by atoms with van der Waals surface area (Å²) >= 11 is 0. The normalized spacial score (nSPS) is 19.9. The minimum atomic E-state index is -0.185. The molecule has 0 radical (unpaired) electrons. The summed E-state index contributed by atoms with van der Waals surface area (Å²) in [6.45, 7) is 5.51. The second-order valence-electron chi connectivity index (χ2n) is 5.06. The van der Waals surface area contributed by atoms with Gasteiger partial charge >= 0.3 is 0 Å². The zero-order valence-corrected chi connectivity index (χ0v) is 11.0. The van der Waals surface area contributed by atoms with Crippen molar-refractivity contribution in [3.05, 3.63) is 33.7 Å². The zero-order chi connectivity index (χ0) is 13.1. The molecule has 0 saturated carbocycles. The highest BCUT2D eigenvalue weighted by molar-refractivity contribution is 5.93. The predicted octanol–water partition coefficient (Wildman–Crippen LogP) is 1.95. The fourth-order valence-electron chi connectivity index (χ4n) is 2.49. The van der Waals surface area contributed by atoms with Crippen LogP contribution in [0.25, 0.3) is 0 Å². The predicted molar refractivity (Wildman–Crippen MR) is 70.7 cm³/mol. The molecule has 1 aliphatic rings. The van der Waals surface area contributed by atoms with Crippen molar-refractivity contribution in [3.8, 4) is 0 Å². The van der Waals surface area contributed by atoms with Gasteiger partial charge in [0.15, 0.2) is 5.43 Å². The quantitative estimate of drug-likeness (QED) is 0.869. The van der Waals surface area contributed by atoms with Gasteiger partial charge in [0.2, 0.25) is 0 Å². The molecule has 1 saturated heterocycles. The molecule has 4 heteroatoms. The van der Waals surface area contributed by atoms with Gasteiger partial charge in [0.25, 0.3) is 5.91 Å². The van der Waals surface area contributed by atoms with Crippen molar-refractivity contribution >= 4 is 5.91 Å². The van der Waals surface area contributed by atoms with Crippen molar-refractivity contribution < 1.29 is 4.79 Å². The number of hydrogen-bond donors (Lipinski definition) is 1. The smallest absolute Gasteiger partial charge is 0.259 e. The van der Waals surface area contributed by atoms with Gasteiger partial charge in [-0.25, -0.2) is 0 Å². The lowest BCUT2D eigenvalue weighted by Crippen LogP contribution is -2.41. The Bertz CT molecular complexity index is 493. The summed E-state index contributed by atoms with van der Waals surface area (Å²) in [5.74, 6) is 0.446. The lowest BCUT2D eigenvalue weighted by molar-refractivity contribution is 0.0669. The number of aromatic nitrogens is 1. The summed E-state index contributed by atoms with van der Waals surface area (Å²) < 4.78 is 0. The summed E-state index contributed by atoms with van der Waals surface area (Å²) in [6.07, 6.45) is 4.85. The van der Waals surface area contributed by atoms with Crippen molar-refractivity contribution in [3.63, 3.8) is 0 Å². The standard InChI is InChI=1S/C14H20N2O2/c1-3-11-5-4-6-16(9-11)14(18)12-8-15-10(2)7-13(12)17/h7-8,11H,3-6,9H2,1-2H3,(H,15,17). The van der Waals surface area contributed by atoms with E-state index in [9.17, 15) is 9.59 Å². The van der Waals surface area contributed by atoms with Crippen LogP contribution in [0.3, 0.4) is 0 Å². The molecule has 0 aliphatic carbocycles. The van der Waals surface area contributed by atoms with Crippen LogP contribution in [0.15, 0.2) is 17.1 Å². The van der Waals surface area contributed by atoms with Crippen molar-refractivity contribution in [1.82, 2.24) is 9.88 Å². The van der Waals surface area contributed by atoms with Gasteiger partial charge < -0.3 is 9.88 Å².